The van der Waals surface area contributed by atoms with E-state index in [0.717, 1.165) is 4.31 Å². The van der Waals surface area contributed by atoms with Gasteiger partial charge in [0, 0.05) is 55.8 Å². The number of hydrogen-bond acceptors (Lipinski definition) is 8. The van der Waals surface area contributed by atoms with Crippen LogP contribution in [0.25, 0.3) is 5.69 Å². The lowest BCUT2D eigenvalue weighted by atomic mass is 10.0. The number of anilines is 1. The lowest BCUT2D eigenvalue weighted by molar-refractivity contribution is 0.0696. The van der Waals surface area contributed by atoms with Crippen molar-refractivity contribution < 1.29 is 41.4 Å². The molecule has 5 N–H and O–H groups in total. The number of nitrogens with two attached hydrogens (primary N) is 1. The van der Waals surface area contributed by atoms with Crippen LogP contribution in [0.1, 0.15) is 42.3 Å². The van der Waals surface area contributed by atoms with Crippen molar-refractivity contribution in [3.8, 4) is 11.4 Å². The number of nitrogens with one attached hydrogen (secondary N) is 2. The molecule has 0 bridgehead atoms. The average molecular weight is 658 g/mol. The fourth-order valence-corrected chi connectivity index (χ4v) is 6.32. The van der Waals surface area contributed by atoms with Crippen LogP contribution < -0.4 is 15.8 Å². The minimum absolute atomic E-state index is 0.0251. The summed E-state index contributed by atoms with van der Waals surface area (Å²) >= 11 is 0. The summed E-state index contributed by atoms with van der Waals surface area (Å²) in [5, 5.41) is 18.9. The zero-order valence-corrected chi connectivity index (χ0v) is 25.4. The van der Waals surface area contributed by atoms with Gasteiger partial charge in [0.05, 0.1) is 27.3 Å². The van der Waals surface area contributed by atoms with E-state index in [4.69, 9.17) is 10.5 Å². The topological polar surface area (TPSA) is 193 Å². The quantitative estimate of drug-likeness (QED) is 0.187. The molecule has 5 rings (SSSR count). The number of primary amides is 1. The Hall–Kier alpha value is -5.13. The van der Waals surface area contributed by atoms with E-state index in [0.29, 0.717) is 36.0 Å². The number of aromatic nitrogens is 3. The summed E-state index contributed by atoms with van der Waals surface area (Å²) in [5.74, 6) is -4.94. The highest BCUT2D eigenvalue weighted by Gasteiger charge is 2.33. The van der Waals surface area contributed by atoms with Crippen molar-refractivity contribution in [2.24, 2.45) is 5.73 Å². The van der Waals surface area contributed by atoms with Crippen molar-refractivity contribution in [3.05, 3.63) is 88.4 Å². The Kier molecular flexibility index (Phi) is 8.91. The minimum Gasteiger partial charge on any atom is -0.490 e. The summed E-state index contributed by atoms with van der Waals surface area (Å²) in [6.07, 6.45) is 2.92. The molecular weight excluding hydrogens is 628 g/mol. The number of benzene rings is 2. The first kappa shape index (κ1) is 32.3. The third-order valence-corrected chi connectivity index (χ3v) is 9.05. The van der Waals surface area contributed by atoms with Crippen LogP contribution in [0.2, 0.25) is 0 Å². The molecule has 14 nitrogen and oxygen atoms in total. The molecule has 2 amide bonds. The second-order valence-corrected chi connectivity index (χ2v) is 12.6. The SMILES string of the molecule is CN(C)CCOc1cc(C(N)=O)c(C(=O)Nc2n[nH]c3c2CN(S(=O)(=O)c2cc(F)cc(F)c2)CC3)cc1-n1ccc(C(=O)O)c1. The molecule has 4 aromatic rings. The zero-order valence-electron chi connectivity index (χ0n) is 24.6. The van der Waals surface area contributed by atoms with Crippen LogP contribution in [0.4, 0.5) is 14.6 Å². The van der Waals surface area contributed by atoms with Crippen molar-refractivity contribution in [1.82, 2.24) is 24.0 Å². The molecule has 0 spiro atoms. The number of carboxylic acids is 1. The Morgan fingerprint density at radius 1 is 1.13 bits per heavy atom. The van der Waals surface area contributed by atoms with Gasteiger partial charge in [0.15, 0.2) is 5.82 Å². The molecular formula is C29H29F2N7O7S. The van der Waals surface area contributed by atoms with Gasteiger partial charge in [-0.05, 0) is 44.4 Å². The van der Waals surface area contributed by atoms with Crippen LogP contribution >= 0.6 is 0 Å². The highest BCUT2D eigenvalue weighted by molar-refractivity contribution is 7.89. The van der Waals surface area contributed by atoms with Crippen molar-refractivity contribution >= 4 is 33.6 Å². The molecule has 0 fully saturated rings. The number of nitrogens with zero attached hydrogens (tertiary/aromatic N) is 4. The molecule has 1 aliphatic rings. The summed E-state index contributed by atoms with van der Waals surface area (Å²) in [5.41, 5.74) is 6.29. The number of aromatic carboxylic acids is 1. The van der Waals surface area contributed by atoms with E-state index < -0.39 is 44.3 Å². The standard InChI is InChI=1S/C29H29F2N7O7S/c1-36(2)7-8-45-25-13-20(26(32)39)21(12-24(25)37-5-3-16(14-37)29(41)42)28(40)33-27-22-15-38(6-4-23(22)34-35-27)46(43,44)19-10-17(30)9-18(31)11-19/h3,5,9-14H,4,6-8,15H2,1-2H3,(H2,32,39)(H,41,42)(H2,33,34,35,40). The monoisotopic (exact) mass is 657 g/mol. The molecule has 2 aromatic heterocycles. The molecule has 46 heavy (non-hydrogen) atoms. The normalized spacial score (nSPS) is 13.4. The van der Waals surface area contributed by atoms with Gasteiger partial charge in [-0.15, -0.1) is 0 Å². The first-order valence-electron chi connectivity index (χ1n) is 13.8. The largest absolute Gasteiger partial charge is 0.490 e. The van der Waals surface area contributed by atoms with Gasteiger partial charge in [0.2, 0.25) is 15.9 Å². The maximum Gasteiger partial charge on any atom is 0.337 e. The maximum atomic E-state index is 13.8. The van der Waals surface area contributed by atoms with Crippen LogP contribution in [-0.4, -0.2) is 89.1 Å². The van der Waals surface area contributed by atoms with E-state index in [1.54, 1.807) is 0 Å². The van der Waals surface area contributed by atoms with Crippen molar-refractivity contribution in [3.63, 3.8) is 0 Å². The minimum atomic E-state index is -4.33. The molecule has 0 unspecified atom stereocenters. The second kappa shape index (κ2) is 12.7. The van der Waals surface area contributed by atoms with Gasteiger partial charge >= 0.3 is 5.97 Å². The van der Waals surface area contributed by atoms with Gasteiger partial charge in [0.25, 0.3) is 5.91 Å². The number of carbonyl (C=O) groups excluding carboxylic acids is 2. The molecule has 0 saturated heterocycles. The van der Waals surface area contributed by atoms with Crippen molar-refractivity contribution in [2.75, 3.05) is 39.1 Å². The number of carbonyl (C=O) groups is 3. The first-order chi connectivity index (χ1) is 21.7. The zero-order chi connectivity index (χ0) is 33.3. The number of likely N-dealkylation sites (N-methyl/N-ethyl adjacent to an activating group) is 1. The number of hydrogen-bond donors (Lipinski definition) is 4. The van der Waals surface area contributed by atoms with Crippen LogP contribution in [-0.2, 0) is 23.0 Å². The number of rotatable bonds is 11. The van der Waals surface area contributed by atoms with E-state index >= 15 is 0 Å². The first-order valence-corrected chi connectivity index (χ1v) is 15.2. The predicted molar refractivity (Wildman–Crippen MR) is 159 cm³/mol. The molecule has 2 aromatic carbocycles. The summed E-state index contributed by atoms with van der Waals surface area (Å²) < 4.78 is 62.4. The Labute approximate surface area is 261 Å². The van der Waals surface area contributed by atoms with Crippen LogP contribution in [0, 0.1) is 11.6 Å². The van der Waals surface area contributed by atoms with Gasteiger partial charge in [0.1, 0.15) is 24.0 Å². The van der Waals surface area contributed by atoms with Gasteiger partial charge in [-0.25, -0.2) is 22.0 Å². The highest BCUT2D eigenvalue weighted by Crippen LogP contribution is 2.32. The third kappa shape index (κ3) is 6.60. The number of fused-ring (bicyclic) bond motifs is 1. The van der Waals surface area contributed by atoms with E-state index in [1.807, 2.05) is 19.0 Å². The molecule has 17 heteroatoms. The van der Waals surface area contributed by atoms with Gasteiger partial charge in [-0.2, -0.15) is 9.40 Å². The summed E-state index contributed by atoms with van der Waals surface area (Å²) in [6.45, 7) is 0.390. The summed E-state index contributed by atoms with van der Waals surface area (Å²) in [6, 6.07) is 5.95. The molecule has 0 radical (unpaired) electrons. The van der Waals surface area contributed by atoms with Gasteiger partial charge < -0.3 is 30.4 Å². The Bertz CT molecular complexity index is 1940. The molecule has 0 aliphatic carbocycles. The third-order valence-electron chi connectivity index (χ3n) is 7.23. The second-order valence-electron chi connectivity index (χ2n) is 10.7. The Balaban J connectivity index is 1.48. The number of halogens is 2. The number of carboxylic acid groups (broad SMARTS) is 1. The number of ether oxygens (including phenoxy) is 1. The van der Waals surface area contributed by atoms with Gasteiger partial charge in [-0.3, -0.25) is 14.7 Å². The van der Waals surface area contributed by atoms with E-state index in [2.05, 4.69) is 15.5 Å². The smallest absolute Gasteiger partial charge is 0.337 e. The summed E-state index contributed by atoms with van der Waals surface area (Å²) in [4.78, 5) is 39.0. The van der Waals surface area contributed by atoms with Crippen LogP contribution in [0.5, 0.6) is 5.75 Å². The Morgan fingerprint density at radius 3 is 2.48 bits per heavy atom. The van der Waals surface area contributed by atoms with Gasteiger partial charge in [-0.1, -0.05) is 0 Å². The number of sulfonamides is 1. The summed E-state index contributed by atoms with van der Waals surface area (Å²) in [7, 11) is -0.656. The van der Waals surface area contributed by atoms with E-state index in [1.165, 1.54) is 35.2 Å². The van der Waals surface area contributed by atoms with E-state index in [9.17, 15) is 36.7 Å². The number of H-pyrrole nitrogens is 1. The fraction of sp³-hybridized carbons (Fsp3) is 0.241. The molecule has 3 heterocycles. The van der Waals surface area contributed by atoms with Crippen LogP contribution in [0.15, 0.2) is 53.7 Å². The predicted octanol–water partition coefficient (Wildman–Crippen LogP) is 2.22. The fourth-order valence-electron chi connectivity index (χ4n) is 4.87. The van der Waals surface area contributed by atoms with Crippen LogP contribution in [0.3, 0.4) is 0 Å². The lowest BCUT2D eigenvalue weighted by Gasteiger charge is -2.26. The number of aromatic amines is 1. The lowest BCUT2D eigenvalue weighted by Crippen LogP contribution is -2.36. The van der Waals surface area contributed by atoms with E-state index in [-0.39, 0.29) is 60.1 Å². The number of amides is 2. The molecule has 1 aliphatic heterocycles. The van der Waals surface area contributed by atoms with Crippen molar-refractivity contribution in [1.29, 1.82) is 0 Å². The molecule has 0 atom stereocenters. The Morgan fingerprint density at radius 2 is 1.85 bits per heavy atom. The highest BCUT2D eigenvalue weighted by atomic mass is 32.2. The average Bonchev–Trinajstić information content (AvgIpc) is 3.64. The molecule has 242 valence electrons. The molecule has 0 saturated carbocycles. The van der Waals surface area contributed by atoms with Crippen molar-refractivity contribution in [2.45, 2.75) is 17.9 Å². The maximum absolute atomic E-state index is 13.8.